The Morgan fingerprint density at radius 2 is 2.00 bits per heavy atom. The van der Waals surface area contributed by atoms with Crippen LogP contribution >= 0.6 is 0 Å². The van der Waals surface area contributed by atoms with Crippen LogP contribution in [0.15, 0.2) is 24.3 Å². The third-order valence-corrected chi connectivity index (χ3v) is 5.31. The summed E-state index contributed by atoms with van der Waals surface area (Å²) in [6.07, 6.45) is 8.47. The molecule has 2 nitrogen and oxygen atoms in total. The number of rotatable bonds is 5. The van der Waals surface area contributed by atoms with Crippen LogP contribution in [0.2, 0.25) is 0 Å². The van der Waals surface area contributed by atoms with Gasteiger partial charge >= 0.3 is 0 Å². The van der Waals surface area contributed by atoms with Gasteiger partial charge in [-0.3, -0.25) is 0 Å². The summed E-state index contributed by atoms with van der Waals surface area (Å²) < 4.78 is 6.16. The highest BCUT2D eigenvalue weighted by Crippen LogP contribution is 2.42. The molecule has 110 valence electrons. The molecule has 1 fully saturated rings. The fourth-order valence-electron chi connectivity index (χ4n) is 4.15. The van der Waals surface area contributed by atoms with Gasteiger partial charge in [-0.25, -0.2) is 0 Å². The number of hydrogen-bond acceptors (Lipinski definition) is 2. The van der Waals surface area contributed by atoms with Gasteiger partial charge in [0.1, 0.15) is 0 Å². The third kappa shape index (κ3) is 2.51. The first-order chi connectivity index (χ1) is 9.75. The van der Waals surface area contributed by atoms with Crippen molar-refractivity contribution < 1.29 is 4.74 Å². The average Bonchev–Trinajstić information content (AvgIpc) is 2.46. The molecular formula is C18H27NO. The normalized spacial score (nSPS) is 25.6. The Morgan fingerprint density at radius 3 is 2.70 bits per heavy atom. The second kappa shape index (κ2) is 5.87. The highest BCUT2D eigenvalue weighted by atomic mass is 16.5. The molecule has 1 saturated carbocycles. The number of benzene rings is 1. The van der Waals surface area contributed by atoms with Crippen LogP contribution in [0, 0.1) is 0 Å². The Kier molecular flexibility index (Phi) is 4.13. The van der Waals surface area contributed by atoms with Crippen LogP contribution in [0.5, 0.6) is 0 Å². The van der Waals surface area contributed by atoms with Crippen LogP contribution in [-0.2, 0) is 11.2 Å². The van der Waals surface area contributed by atoms with E-state index < -0.39 is 0 Å². The van der Waals surface area contributed by atoms with Gasteiger partial charge in [0.05, 0.1) is 5.60 Å². The minimum Gasteiger partial charge on any atom is -0.374 e. The van der Waals surface area contributed by atoms with E-state index >= 15 is 0 Å². The van der Waals surface area contributed by atoms with Crippen molar-refractivity contribution in [3.05, 3.63) is 35.4 Å². The number of hydrogen-bond donors (Lipinski definition) is 1. The van der Waals surface area contributed by atoms with Gasteiger partial charge in [0.2, 0.25) is 0 Å². The first-order valence-electron chi connectivity index (χ1n) is 8.22. The van der Waals surface area contributed by atoms with Crippen molar-refractivity contribution in [1.29, 1.82) is 0 Å². The highest BCUT2D eigenvalue weighted by Gasteiger charge is 2.41. The Hall–Kier alpha value is -0.860. The van der Waals surface area contributed by atoms with E-state index in [1.807, 2.05) is 0 Å². The van der Waals surface area contributed by atoms with Crippen LogP contribution < -0.4 is 5.73 Å². The maximum atomic E-state index is 6.61. The zero-order valence-corrected chi connectivity index (χ0v) is 12.6. The van der Waals surface area contributed by atoms with Crippen LogP contribution in [-0.4, -0.2) is 18.2 Å². The zero-order valence-electron chi connectivity index (χ0n) is 12.6. The first-order valence-corrected chi connectivity index (χ1v) is 8.22. The standard InChI is InChI=1S/C18H27NO/c1-2-20-18(10-6-3-7-11-18)17(19)13-15-12-14-8-4-5-9-16(14)15/h4-5,8-9,15,17H,2-3,6-7,10-13,19H2,1H3. The van der Waals surface area contributed by atoms with Crippen molar-refractivity contribution in [1.82, 2.24) is 0 Å². The first kappa shape index (κ1) is 14.1. The molecule has 2 heteroatoms. The Balaban J connectivity index is 1.67. The largest absolute Gasteiger partial charge is 0.374 e. The van der Waals surface area contributed by atoms with Crippen molar-refractivity contribution in [2.75, 3.05) is 6.61 Å². The molecule has 0 aromatic heterocycles. The van der Waals surface area contributed by atoms with E-state index in [1.54, 1.807) is 0 Å². The molecule has 2 N–H and O–H groups in total. The molecule has 2 aliphatic rings. The van der Waals surface area contributed by atoms with Crippen molar-refractivity contribution in [3.63, 3.8) is 0 Å². The molecule has 0 spiro atoms. The quantitative estimate of drug-likeness (QED) is 0.886. The molecule has 0 heterocycles. The minimum absolute atomic E-state index is 0.0441. The maximum Gasteiger partial charge on any atom is 0.0832 e. The molecule has 0 aliphatic heterocycles. The van der Waals surface area contributed by atoms with Crippen molar-refractivity contribution in [2.45, 2.75) is 69.4 Å². The molecule has 0 radical (unpaired) electrons. The number of ether oxygens (including phenoxy) is 1. The van der Waals surface area contributed by atoms with Gasteiger partial charge in [-0.2, -0.15) is 0 Å². The van der Waals surface area contributed by atoms with Crippen molar-refractivity contribution in [2.24, 2.45) is 5.73 Å². The number of nitrogens with two attached hydrogens (primary N) is 1. The fraction of sp³-hybridized carbons (Fsp3) is 0.667. The highest BCUT2D eigenvalue weighted by molar-refractivity contribution is 5.40. The lowest BCUT2D eigenvalue weighted by Gasteiger charge is -2.44. The predicted molar refractivity (Wildman–Crippen MR) is 82.9 cm³/mol. The Labute approximate surface area is 122 Å². The topological polar surface area (TPSA) is 35.2 Å². The molecule has 0 saturated heterocycles. The van der Waals surface area contributed by atoms with E-state index in [0.717, 1.165) is 25.9 Å². The maximum absolute atomic E-state index is 6.61. The molecule has 0 bridgehead atoms. The lowest BCUT2D eigenvalue weighted by molar-refractivity contribution is -0.0848. The van der Waals surface area contributed by atoms with E-state index in [-0.39, 0.29) is 11.6 Å². The lowest BCUT2D eigenvalue weighted by Crippen LogP contribution is -2.52. The third-order valence-electron chi connectivity index (χ3n) is 5.31. The van der Waals surface area contributed by atoms with E-state index in [0.29, 0.717) is 5.92 Å². The van der Waals surface area contributed by atoms with Crippen molar-refractivity contribution >= 4 is 0 Å². The fourth-order valence-corrected chi connectivity index (χ4v) is 4.15. The molecule has 20 heavy (non-hydrogen) atoms. The van der Waals surface area contributed by atoms with E-state index in [4.69, 9.17) is 10.5 Å². The molecule has 2 unspecified atom stereocenters. The van der Waals surface area contributed by atoms with Gasteiger partial charge in [0.15, 0.2) is 0 Å². The zero-order chi connectivity index (χ0) is 14.0. The molecular weight excluding hydrogens is 246 g/mol. The van der Waals surface area contributed by atoms with Crippen LogP contribution in [0.3, 0.4) is 0 Å². The molecule has 1 aromatic rings. The van der Waals surface area contributed by atoms with E-state index in [2.05, 4.69) is 31.2 Å². The predicted octanol–water partition coefficient (Wildman–Crippen LogP) is 3.78. The average molecular weight is 273 g/mol. The molecule has 2 aliphatic carbocycles. The number of fused-ring (bicyclic) bond motifs is 1. The van der Waals surface area contributed by atoms with Crippen LogP contribution in [0.4, 0.5) is 0 Å². The summed E-state index contributed by atoms with van der Waals surface area (Å²) in [5, 5.41) is 0. The van der Waals surface area contributed by atoms with Crippen LogP contribution in [0.25, 0.3) is 0 Å². The summed E-state index contributed by atoms with van der Waals surface area (Å²) in [4.78, 5) is 0. The van der Waals surface area contributed by atoms with E-state index in [9.17, 15) is 0 Å². The molecule has 2 atom stereocenters. The molecule has 3 rings (SSSR count). The summed E-state index contributed by atoms with van der Waals surface area (Å²) in [7, 11) is 0. The second-order valence-corrected chi connectivity index (χ2v) is 6.50. The summed E-state index contributed by atoms with van der Waals surface area (Å²) in [6, 6.07) is 8.98. The summed E-state index contributed by atoms with van der Waals surface area (Å²) in [5.41, 5.74) is 9.60. The van der Waals surface area contributed by atoms with Crippen LogP contribution in [0.1, 0.15) is 62.5 Å². The van der Waals surface area contributed by atoms with E-state index in [1.165, 1.54) is 36.8 Å². The van der Waals surface area contributed by atoms with Gasteiger partial charge in [-0.1, -0.05) is 43.5 Å². The summed E-state index contributed by atoms with van der Waals surface area (Å²) >= 11 is 0. The Morgan fingerprint density at radius 1 is 1.25 bits per heavy atom. The Bertz CT molecular complexity index is 445. The summed E-state index contributed by atoms with van der Waals surface area (Å²) in [6.45, 7) is 2.89. The minimum atomic E-state index is -0.0441. The SMILES string of the molecule is CCOC1(C(N)CC2Cc3ccccc32)CCCCC1. The van der Waals surface area contributed by atoms with Gasteiger partial charge in [0.25, 0.3) is 0 Å². The van der Waals surface area contributed by atoms with Crippen molar-refractivity contribution in [3.8, 4) is 0 Å². The van der Waals surface area contributed by atoms with Gasteiger partial charge < -0.3 is 10.5 Å². The van der Waals surface area contributed by atoms with Gasteiger partial charge in [0, 0.05) is 12.6 Å². The lowest BCUT2D eigenvalue weighted by atomic mass is 9.70. The molecule has 0 amide bonds. The van der Waals surface area contributed by atoms with Gasteiger partial charge in [-0.15, -0.1) is 0 Å². The smallest absolute Gasteiger partial charge is 0.0832 e. The molecule has 1 aromatic carbocycles. The monoisotopic (exact) mass is 273 g/mol. The second-order valence-electron chi connectivity index (χ2n) is 6.50. The van der Waals surface area contributed by atoms with Gasteiger partial charge in [-0.05, 0) is 49.7 Å². The summed E-state index contributed by atoms with van der Waals surface area (Å²) in [5.74, 6) is 0.653.